The van der Waals surface area contributed by atoms with Crippen LogP contribution in [0.5, 0.6) is 5.75 Å². The molecule has 2 aromatic carbocycles. The van der Waals surface area contributed by atoms with Gasteiger partial charge in [-0.3, -0.25) is 4.79 Å². The topological polar surface area (TPSA) is 38.8 Å². The zero-order valence-corrected chi connectivity index (χ0v) is 16.5. The molecule has 4 rings (SSSR count). The van der Waals surface area contributed by atoms with Gasteiger partial charge in [-0.1, -0.05) is 48.5 Å². The number of likely N-dealkylation sites (tertiary alicyclic amines) is 1. The van der Waals surface area contributed by atoms with Crippen LogP contribution >= 0.6 is 0 Å². The predicted molar refractivity (Wildman–Crippen MR) is 109 cm³/mol. The highest BCUT2D eigenvalue weighted by atomic mass is 16.5. The first-order valence-electron chi connectivity index (χ1n) is 10.3. The first kappa shape index (κ1) is 19.0. The molecular formula is C24H29NO3. The number of methoxy groups -OCH3 is 1. The number of rotatable bonds is 7. The summed E-state index contributed by atoms with van der Waals surface area (Å²) >= 11 is 0. The van der Waals surface area contributed by atoms with Crippen molar-refractivity contribution < 1.29 is 14.3 Å². The van der Waals surface area contributed by atoms with Crippen LogP contribution in [0.1, 0.15) is 42.7 Å². The Morgan fingerprint density at radius 3 is 2.36 bits per heavy atom. The van der Waals surface area contributed by atoms with Gasteiger partial charge in [-0.2, -0.15) is 0 Å². The molecule has 1 aliphatic heterocycles. The number of para-hydroxylation sites is 1. The Hall–Kier alpha value is -2.33. The zero-order valence-electron chi connectivity index (χ0n) is 16.5. The summed E-state index contributed by atoms with van der Waals surface area (Å²) in [4.78, 5) is 15.3. The van der Waals surface area contributed by atoms with Crippen LogP contribution in [0.15, 0.2) is 54.6 Å². The molecule has 0 spiro atoms. The number of carbonyl (C=O) groups excluding carboxylic acids is 1. The molecule has 0 radical (unpaired) electrons. The maximum atomic E-state index is 13.2. The second kappa shape index (κ2) is 8.78. The van der Waals surface area contributed by atoms with E-state index in [0.717, 1.165) is 37.2 Å². The molecule has 1 amide bonds. The minimum Gasteiger partial charge on any atom is -0.496 e. The number of amides is 1. The van der Waals surface area contributed by atoms with Crippen molar-refractivity contribution in [1.82, 2.24) is 4.90 Å². The quantitative estimate of drug-likeness (QED) is 0.716. The number of carbonyl (C=O) groups is 1. The molecule has 1 atom stereocenters. The molecule has 1 saturated heterocycles. The SMILES string of the molecule is COc1ccccc1COC1CCN(C(=O)C(c2ccccc2)C2CC2)CC1. The van der Waals surface area contributed by atoms with Gasteiger partial charge in [0.05, 0.1) is 25.7 Å². The fraction of sp³-hybridized carbons (Fsp3) is 0.458. The third-order valence-corrected chi connectivity index (χ3v) is 5.94. The van der Waals surface area contributed by atoms with Crippen molar-refractivity contribution in [3.63, 3.8) is 0 Å². The fourth-order valence-corrected chi connectivity index (χ4v) is 4.18. The van der Waals surface area contributed by atoms with E-state index in [1.807, 2.05) is 42.5 Å². The summed E-state index contributed by atoms with van der Waals surface area (Å²) < 4.78 is 11.5. The second-order valence-corrected chi connectivity index (χ2v) is 7.87. The van der Waals surface area contributed by atoms with Crippen molar-refractivity contribution in [2.24, 2.45) is 5.92 Å². The van der Waals surface area contributed by atoms with E-state index in [0.29, 0.717) is 18.4 Å². The molecule has 2 aliphatic rings. The molecule has 4 heteroatoms. The molecule has 148 valence electrons. The molecule has 1 aliphatic carbocycles. The van der Waals surface area contributed by atoms with Crippen molar-refractivity contribution in [3.8, 4) is 5.75 Å². The Balaban J connectivity index is 1.31. The molecule has 4 nitrogen and oxygen atoms in total. The van der Waals surface area contributed by atoms with E-state index in [1.54, 1.807) is 7.11 Å². The number of hydrogen-bond acceptors (Lipinski definition) is 3. The molecule has 0 aromatic heterocycles. The van der Waals surface area contributed by atoms with Gasteiger partial charge >= 0.3 is 0 Å². The van der Waals surface area contributed by atoms with Crippen LogP contribution < -0.4 is 4.74 Å². The highest BCUT2D eigenvalue weighted by Gasteiger charge is 2.40. The van der Waals surface area contributed by atoms with Crippen molar-refractivity contribution in [2.75, 3.05) is 20.2 Å². The lowest BCUT2D eigenvalue weighted by atomic mass is 9.92. The lowest BCUT2D eigenvalue weighted by molar-refractivity contribution is -0.136. The van der Waals surface area contributed by atoms with Gasteiger partial charge in [0.25, 0.3) is 0 Å². The van der Waals surface area contributed by atoms with Crippen LogP contribution in [0.2, 0.25) is 0 Å². The van der Waals surface area contributed by atoms with E-state index >= 15 is 0 Å². The maximum Gasteiger partial charge on any atom is 0.230 e. The highest BCUT2D eigenvalue weighted by molar-refractivity contribution is 5.84. The molecule has 1 unspecified atom stereocenters. The monoisotopic (exact) mass is 379 g/mol. The molecule has 28 heavy (non-hydrogen) atoms. The van der Waals surface area contributed by atoms with Gasteiger partial charge in [-0.05, 0) is 43.2 Å². The summed E-state index contributed by atoms with van der Waals surface area (Å²) in [6, 6.07) is 18.3. The van der Waals surface area contributed by atoms with Gasteiger partial charge in [-0.15, -0.1) is 0 Å². The van der Waals surface area contributed by atoms with Crippen molar-refractivity contribution in [2.45, 2.75) is 44.3 Å². The van der Waals surface area contributed by atoms with Gasteiger partial charge in [0.2, 0.25) is 5.91 Å². The van der Waals surface area contributed by atoms with E-state index < -0.39 is 0 Å². The van der Waals surface area contributed by atoms with E-state index in [2.05, 4.69) is 17.0 Å². The summed E-state index contributed by atoms with van der Waals surface area (Å²) in [5.41, 5.74) is 2.24. The highest BCUT2D eigenvalue weighted by Crippen LogP contribution is 2.43. The van der Waals surface area contributed by atoms with Crippen LogP contribution in [0.4, 0.5) is 0 Å². The van der Waals surface area contributed by atoms with Crippen LogP contribution in [0.25, 0.3) is 0 Å². The number of piperidine rings is 1. The summed E-state index contributed by atoms with van der Waals surface area (Å²) in [6.07, 6.45) is 4.33. The summed E-state index contributed by atoms with van der Waals surface area (Å²) in [7, 11) is 1.69. The first-order valence-corrected chi connectivity index (χ1v) is 10.3. The number of ether oxygens (including phenoxy) is 2. The molecular weight excluding hydrogens is 350 g/mol. The maximum absolute atomic E-state index is 13.2. The minimum absolute atomic E-state index is 0.0345. The Labute approximate surface area is 167 Å². The molecule has 2 aromatic rings. The van der Waals surface area contributed by atoms with Gasteiger partial charge in [0.15, 0.2) is 0 Å². The first-order chi connectivity index (χ1) is 13.8. The number of benzene rings is 2. The molecule has 0 bridgehead atoms. The van der Waals surface area contributed by atoms with Crippen LogP contribution in [-0.4, -0.2) is 37.1 Å². The van der Waals surface area contributed by atoms with E-state index in [9.17, 15) is 4.79 Å². The third-order valence-electron chi connectivity index (χ3n) is 5.94. The molecule has 1 heterocycles. The van der Waals surface area contributed by atoms with Gasteiger partial charge in [0.1, 0.15) is 5.75 Å². The van der Waals surface area contributed by atoms with E-state index in [4.69, 9.17) is 9.47 Å². The Morgan fingerprint density at radius 1 is 1.00 bits per heavy atom. The Morgan fingerprint density at radius 2 is 1.68 bits per heavy atom. The third kappa shape index (κ3) is 4.39. The number of hydrogen-bond donors (Lipinski definition) is 0. The average molecular weight is 380 g/mol. The van der Waals surface area contributed by atoms with Crippen molar-refractivity contribution >= 4 is 5.91 Å². The molecule has 1 saturated carbocycles. The van der Waals surface area contributed by atoms with Crippen molar-refractivity contribution in [1.29, 1.82) is 0 Å². The summed E-state index contributed by atoms with van der Waals surface area (Å²) in [5, 5.41) is 0. The van der Waals surface area contributed by atoms with Crippen LogP contribution in [0, 0.1) is 5.92 Å². The average Bonchev–Trinajstić information content (AvgIpc) is 3.59. The van der Waals surface area contributed by atoms with Gasteiger partial charge < -0.3 is 14.4 Å². The zero-order chi connectivity index (χ0) is 19.3. The van der Waals surface area contributed by atoms with Crippen LogP contribution in [-0.2, 0) is 16.1 Å². The van der Waals surface area contributed by atoms with E-state index in [1.165, 1.54) is 18.4 Å². The lowest BCUT2D eigenvalue weighted by Gasteiger charge is -2.34. The summed E-state index contributed by atoms with van der Waals surface area (Å²) in [5.74, 6) is 1.73. The largest absolute Gasteiger partial charge is 0.496 e. The predicted octanol–water partition coefficient (Wildman–Crippen LogP) is 4.40. The normalized spacial score (nSPS) is 18.7. The minimum atomic E-state index is 0.0345. The lowest BCUT2D eigenvalue weighted by Crippen LogP contribution is -2.43. The Bertz CT molecular complexity index is 779. The fourth-order valence-electron chi connectivity index (χ4n) is 4.18. The van der Waals surface area contributed by atoms with E-state index in [-0.39, 0.29) is 12.0 Å². The van der Waals surface area contributed by atoms with Gasteiger partial charge in [-0.25, -0.2) is 0 Å². The molecule has 2 fully saturated rings. The number of nitrogens with zero attached hydrogens (tertiary/aromatic N) is 1. The van der Waals surface area contributed by atoms with Gasteiger partial charge in [0, 0.05) is 18.7 Å². The van der Waals surface area contributed by atoms with Crippen molar-refractivity contribution in [3.05, 3.63) is 65.7 Å². The summed E-state index contributed by atoms with van der Waals surface area (Å²) in [6.45, 7) is 2.12. The smallest absolute Gasteiger partial charge is 0.230 e. The van der Waals surface area contributed by atoms with Crippen LogP contribution in [0.3, 0.4) is 0 Å². The second-order valence-electron chi connectivity index (χ2n) is 7.87. The Kier molecular flexibility index (Phi) is 5.96. The molecule has 0 N–H and O–H groups in total. The standard InChI is InChI=1S/C24H29NO3/c1-27-22-10-6-5-9-20(22)17-28-21-13-15-25(16-14-21)24(26)23(19-11-12-19)18-7-3-2-4-8-18/h2-10,19,21,23H,11-17H2,1H3.